The normalized spacial score (nSPS) is 9.93. The zero-order chi connectivity index (χ0) is 10.9. The van der Waals surface area contributed by atoms with E-state index in [-0.39, 0.29) is 10.0 Å². The molecular formula is C8H5BrFNO3. The summed E-state index contributed by atoms with van der Waals surface area (Å²) in [6, 6.07) is 1.72. The molecule has 74 valence electrons. The first kappa shape index (κ1) is 10.8. The van der Waals surface area contributed by atoms with Crippen LogP contribution in [-0.4, -0.2) is 10.7 Å². The largest absolute Gasteiger partial charge is 0.294 e. The lowest BCUT2D eigenvalue weighted by Gasteiger charge is -2.01. The third kappa shape index (κ3) is 1.95. The number of carbonyl (C=O) groups is 1. The average molecular weight is 262 g/mol. The van der Waals surface area contributed by atoms with E-state index in [2.05, 4.69) is 15.9 Å². The van der Waals surface area contributed by atoms with E-state index < -0.39 is 22.2 Å². The molecule has 0 N–H and O–H groups in total. The fourth-order valence-electron chi connectivity index (χ4n) is 0.964. The Hall–Kier alpha value is -1.30. The second-order valence-electron chi connectivity index (χ2n) is 2.60. The van der Waals surface area contributed by atoms with Crippen LogP contribution in [0.5, 0.6) is 0 Å². The summed E-state index contributed by atoms with van der Waals surface area (Å²) in [5.74, 6) is -1.23. The lowest BCUT2D eigenvalue weighted by molar-refractivity contribution is -0.385. The second-order valence-corrected chi connectivity index (χ2v) is 3.39. The molecule has 0 radical (unpaired) electrons. The Bertz CT molecular complexity index is 384. The minimum absolute atomic E-state index is 0.0106. The van der Waals surface area contributed by atoms with Gasteiger partial charge in [-0.2, -0.15) is 0 Å². The van der Waals surface area contributed by atoms with Crippen molar-refractivity contribution in [1.82, 2.24) is 0 Å². The van der Waals surface area contributed by atoms with E-state index in [9.17, 15) is 19.3 Å². The van der Waals surface area contributed by atoms with Crippen molar-refractivity contribution in [3.8, 4) is 0 Å². The topological polar surface area (TPSA) is 60.2 Å². The van der Waals surface area contributed by atoms with E-state index in [0.29, 0.717) is 0 Å². The maximum atomic E-state index is 12.9. The van der Waals surface area contributed by atoms with E-state index in [4.69, 9.17) is 0 Å². The summed E-state index contributed by atoms with van der Waals surface area (Å²) >= 11 is 2.89. The predicted octanol–water partition coefficient (Wildman–Crippen LogP) is 2.70. The standard InChI is InChI=1S/C8H5BrFNO3/c1-4(12)6-2-5(10)3-7(8(6)9)11(13)14/h2-3H,1H3. The van der Waals surface area contributed by atoms with Crippen LogP contribution in [0.15, 0.2) is 16.6 Å². The van der Waals surface area contributed by atoms with Crippen LogP contribution in [0.4, 0.5) is 10.1 Å². The number of nitro groups is 1. The minimum Gasteiger partial charge on any atom is -0.294 e. The van der Waals surface area contributed by atoms with Crippen molar-refractivity contribution in [1.29, 1.82) is 0 Å². The van der Waals surface area contributed by atoms with Crippen LogP contribution in [0.3, 0.4) is 0 Å². The number of carbonyl (C=O) groups excluding carboxylic acids is 1. The van der Waals surface area contributed by atoms with Crippen LogP contribution in [-0.2, 0) is 0 Å². The quantitative estimate of drug-likeness (QED) is 0.467. The highest BCUT2D eigenvalue weighted by Crippen LogP contribution is 2.29. The van der Waals surface area contributed by atoms with Crippen molar-refractivity contribution in [2.75, 3.05) is 0 Å². The van der Waals surface area contributed by atoms with Gasteiger partial charge in [0.05, 0.1) is 11.0 Å². The summed E-state index contributed by atoms with van der Waals surface area (Å²) < 4.78 is 12.9. The summed E-state index contributed by atoms with van der Waals surface area (Å²) in [7, 11) is 0. The Morgan fingerprint density at radius 2 is 2.14 bits per heavy atom. The molecule has 0 saturated carbocycles. The fraction of sp³-hybridized carbons (Fsp3) is 0.125. The molecule has 4 nitrogen and oxygen atoms in total. The lowest BCUT2D eigenvalue weighted by Crippen LogP contribution is -1.99. The van der Waals surface area contributed by atoms with Gasteiger partial charge in [0.2, 0.25) is 0 Å². The van der Waals surface area contributed by atoms with Gasteiger partial charge in [0, 0.05) is 5.56 Å². The molecule has 1 aromatic carbocycles. The van der Waals surface area contributed by atoms with Crippen molar-refractivity contribution >= 4 is 27.4 Å². The molecule has 0 bridgehead atoms. The molecule has 0 spiro atoms. The Morgan fingerprint density at radius 1 is 1.57 bits per heavy atom. The summed E-state index contributed by atoms with van der Waals surface area (Å²) in [6.45, 7) is 1.21. The van der Waals surface area contributed by atoms with Crippen molar-refractivity contribution < 1.29 is 14.1 Å². The van der Waals surface area contributed by atoms with Crippen LogP contribution >= 0.6 is 15.9 Å². The third-order valence-electron chi connectivity index (χ3n) is 1.59. The molecule has 0 atom stereocenters. The van der Waals surface area contributed by atoms with Gasteiger partial charge in [-0.15, -0.1) is 0 Å². The smallest absolute Gasteiger partial charge is 0.287 e. The zero-order valence-electron chi connectivity index (χ0n) is 7.08. The van der Waals surface area contributed by atoms with Crippen LogP contribution in [0.1, 0.15) is 17.3 Å². The van der Waals surface area contributed by atoms with Gasteiger partial charge in [-0.3, -0.25) is 14.9 Å². The first-order valence-corrected chi connectivity index (χ1v) is 4.37. The summed E-state index contributed by atoms with van der Waals surface area (Å²) in [4.78, 5) is 20.7. The molecular weight excluding hydrogens is 257 g/mol. The fourth-order valence-corrected chi connectivity index (χ4v) is 1.62. The van der Waals surface area contributed by atoms with Crippen LogP contribution in [0.25, 0.3) is 0 Å². The molecule has 0 amide bonds. The zero-order valence-corrected chi connectivity index (χ0v) is 8.67. The van der Waals surface area contributed by atoms with Crippen molar-refractivity contribution in [2.24, 2.45) is 0 Å². The highest BCUT2D eigenvalue weighted by atomic mass is 79.9. The third-order valence-corrected chi connectivity index (χ3v) is 2.43. The monoisotopic (exact) mass is 261 g/mol. The molecule has 1 rings (SSSR count). The Labute approximate surface area is 87.0 Å². The summed E-state index contributed by atoms with van der Waals surface area (Å²) in [5.41, 5.74) is -0.480. The van der Waals surface area contributed by atoms with E-state index in [0.717, 1.165) is 12.1 Å². The number of rotatable bonds is 2. The van der Waals surface area contributed by atoms with Gasteiger partial charge in [-0.1, -0.05) is 0 Å². The van der Waals surface area contributed by atoms with Crippen molar-refractivity contribution in [2.45, 2.75) is 6.92 Å². The number of nitrogens with zero attached hydrogens (tertiary/aromatic N) is 1. The lowest BCUT2D eigenvalue weighted by atomic mass is 10.1. The van der Waals surface area contributed by atoms with E-state index in [1.165, 1.54) is 6.92 Å². The molecule has 0 heterocycles. The van der Waals surface area contributed by atoms with E-state index in [1.54, 1.807) is 0 Å². The highest BCUT2D eigenvalue weighted by molar-refractivity contribution is 9.10. The molecule has 0 aliphatic heterocycles. The molecule has 14 heavy (non-hydrogen) atoms. The molecule has 1 aromatic rings. The second kappa shape index (κ2) is 3.83. The predicted molar refractivity (Wildman–Crippen MR) is 50.8 cm³/mol. The molecule has 0 unspecified atom stereocenters. The van der Waals surface area contributed by atoms with Crippen molar-refractivity contribution in [3.05, 3.63) is 38.1 Å². The molecule has 0 aromatic heterocycles. The average Bonchev–Trinajstić information content (AvgIpc) is 2.07. The molecule has 0 aliphatic carbocycles. The maximum absolute atomic E-state index is 12.9. The molecule has 0 aliphatic rings. The Morgan fingerprint density at radius 3 is 2.57 bits per heavy atom. The van der Waals surface area contributed by atoms with Crippen molar-refractivity contribution in [3.63, 3.8) is 0 Å². The molecule has 0 fully saturated rings. The number of halogens is 2. The number of Topliss-reactive ketones (excluding diaryl/α,β-unsaturated/α-hetero) is 1. The first-order valence-electron chi connectivity index (χ1n) is 3.58. The van der Waals surface area contributed by atoms with Gasteiger partial charge in [0.15, 0.2) is 5.78 Å². The molecule has 0 saturated heterocycles. The molecule has 6 heteroatoms. The number of hydrogen-bond donors (Lipinski definition) is 0. The Balaban J connectivity index is 3.47. The van der Waals surface area contributed by atoms with Gasteiger partial charge in [0.25, 0.3) is 5.69 Å². The summed E-state index contributed by atoms with van der Waals surface area (Å²) in [5, 5.41) is 10.4. The SMILES string of the molecule is CC(=O)c1cc(F)cc([N+](=O)[O-])c1Br. The number of benzene rings is 1. The first-order chi connectivity index (χ1) is 6.43. The maximum Gasteiger partial charge on any atom is 0.287 e. The van der Waals surface area contributed by atoms with E-state index >= 15 is 0 Å². The van der Waals surface area contributed by atoms with Crippen LogP contribution < -0.4 is 0 Å². The number of hydrogen-bond acceptors (Lipinski definition) is 3. The number of ketones is 1. The van der Waals surface area contributed by atoms with E-state index in [1.807, 2.05) is 0 Å². The summed E-state index contributed by atoms with van der Waals surface area (Å²) in [6.07, 6.45) is 0. The number of nitro benzene ring substituents is 1. The van der Waals surface area contributed by atoms with Gasteiger partial charge >= 0.3 is 0 Å². The van der Waals surface area contributed by atoms with Crippen LogP contribution in [0, 0.1) is 15.9 Å². The van der Waals surface area contributed by atoms with Gasteiger partial charge in [-0.05, 0) is 28.9 Å². The van der Waals surface area contributed by atoms with Gasteiger partial charge < -0.3 is 0 Å². The van der Waals surface area contributed by atoms with Gasteiger partial charge in [-0.25, -0.2) is 4.39 Å². The highest BCUT2D eigenvalue weighted by Gasteiger charge is 2.19. The minimum atomic E-state index is -0.801. The Kier molecular flexibility index (Phi) is 2.95. The van der Waals surface area contributed by atoms with Gasteiger partial charge in [0.1, 0.15) is 10.3 Å². The van der Waals surface area contributed by atoms with Crippen LogP contribution in [0.2, 0.25) is 0 Å².